The Morgan fingerprint density at radius 3 is 2.17 bits per heavy atom. The molecule has 0 heterocycles. The normalized spacial score (nSPS) is 9.67. The minimum absolute atomic E-state index is 0.206. The summed E-state index contributed by atoms with van der Waals surface area (Å²) in [6.45, 7) is 0. The Balaban J connectivity index is 3.43. The third-order valence-electron chi connectivity index (χ3n) is 1.45. The van der Waals surface area contributed by atoms with Gasteiger partial charge in [-0.1, -0.05) is 0 Å². The molecule has 64 valence electrons. The molecule has 0 bridgehead atoms. The minimum Gasteiger partial charge on any atom is -0.507 e. The van der Waals surface area contributed by atoms with Gasteiger partial charge in [0.1, 0.15) is 17.1 Å². The third-order valence-corrected chi connectivity index (χ3v) is 1.45. The van der Waals surface area contributed by atoms with Gasteiger partial charge in [-0.3, -0.25) is 4.79 Å². The van der Waals surface area contributed by atoms with Crippen molar-refractivity contribution in [3.8, 4) is 11.5 Å². The van der Waals surface area contributed by atoms with Crippen molar-refractivity contribution in [2.45, 2.75) is 0 Å². The average Bonchev–Trinajstić information content (AvgIpc) is 1.97. The van der Waals surface area contributed by atoms with Crippen LogP contribution in [0.4, 0.5) is 5.69 Å². The maximum absolute atomic E-state index is 10.7. The Morgan fingerprint density at radius 2 is 1.75 bits per heavy atom. The van der Waals surface area contributed by atoms with Crippen LogP contribution in [-0.2, 0) is 0 Å². The van der Waals surface area contributed by atoms with Crippen molar-refractivity contribution in [3.05, 3.63) is 17.7 Å². The fraction of sp³-hybridized carbons (Fsp3) is 0. The maximum atomic E-state index is 10.7. The molecule has 0 spiro atoms. The summed E-state index contributed by atoms with van der Waals surface area (Å²) in [5, 5.41) is 18.1. The lowest BCUT2D eigenvalue weighted by atomic mass is 10.1. The highest BCUT2D eigenvalue weighted by molar-refractivity contribution is 6.01. The van der Waals surface area contributed by atoms with Crippen molar-refractivity contribution in [2.24, 2.45) is 5.73 Å². The number of nitrogens with two attached hydrogens (primary N) is 2. The molecule has 5 nitrogen and oxygen atoms in total. The molecule has 1 aromatic carbocycles. The first-order chi connectivity index (χ1) is 5.54. The molecule has 0 radical (unpaired) electrons. The van der Waals surface area contributed by atoms with Crippen molar-refractivity contribution in [1.82, 2.24) is 0 Å². The topological polar surface area (TPSA) is 110 Å². The molecule has 5 heteroatoms. The molecule has 0 aromatic heterocycles. The van der Waals surface area contributed by atoms with Crippen LogP contribution in [0, 0.1) is 0 Å². The monoisotopic (exact) mass is 168 g/mol. The van der Waals surface area contributed by atoms with Crippen LogP contribution in [0.3, 0.4) is 0 Å². The number of anilines is 1. The lowest BCUT2D eigenvalue weighted by molar-refractivity contribution is 0.0998. The molecule has 0 aliphatic rings. The van der Waals surface area contributed by atoms with Gasteiger partial charge < -0.3 is 21.7 Å². The van der Waals surface area contributed by atoms with E-state index < -0.39 is 5.91 Å². The summed E-state index contributed by atoms with van der Waals surface area (Å²) < 4.78 is 0. The molecule has 0 fully saturated rings. The molecule has 1 rings (SSSR count). The first-order valence-electron chi connectivity index (χ1n) is 3.14. The molecule has 6 N–H and O–H groups in total. The smallest absolute Gasteiger partial charge is 0.254 e. The standard InChI is InChI=1S/C7H8N2O3/c8-6-4(11)2-1-3(10)5(6)7(9)12/h1-2,10-11H,8H2,(H2,9,12). The summed E-state index contributed by atoms with van der Waals surface area (Å²) in [4.78, 5) is 10.7. The molecule has 1 amide bonds. The molecule has 12 heavy (non-hydrogen) atoms. The van der Waals surface area contributed by atoms with E-state index in [1.54, 1.807) is 0 Å². The number of amides is 1. The number of hydrogen-bond donors (Lipinski definition) is 4. The molecule has 0 aliphatic carbocycles. The van der Waals surface area contributed by atoms with Crippen LogP contribution in [0.1, 0.15) is 10.4 Å². The second-order valence-electron chi connectivity index (χ2n) is 2.26. The van der Waals surface area contributed by atoms with E-state index in [4.69, 9.17) is 21.7 Å². The number of carbonyl (C=O) groups is 1. The van der Waals surface area contributed by atoms with Crippen molar-refractivity contribution in [2.75, 3.05) is 5.73 Å². The Morgan fingerprint density at radius 1 is 1.25 bits per heavy atom. The zero-order valence-electron chi connectivity index (χ0n) is 6.11. The van der Waals surface area contributed by atoms with Gasteiger partial charge in [0, 0.05) is 0 Å². The zero-order valence-corrected chi connectivity index (χ0v) is 6.11. The fourth-order valence-corrected chi connectivity index (χ4v) is 0.856. The summed E-state index contributed by atoms with van der Waals surface area (Å²) in [6.07, 6.45) is 0. The second kappa shape index (κ2) is 2.61. The molecule has 0 saturated heterocycles. The van der Waals surface area contributed by atoms with Gasteiger partial charge in [-0.15, -0.1) is 0 Å². The van der Waals surface area contributed by atoms with Gasteiger partial charge >= 0.3 is 0 Å². The van der Waals surface area contributed by atoms with Crippen molar-refractivity contribution in [3.63, 3.8) is 0 Å². The average molecular weight is 168 g/mol. The first kappa shape index (κ1) is 8.19. The summed E-state index contributed by atoms with van der Waals surface area (Å²) >= 11 is 0. The Labute approximate surface area is 68.2 Å². The van der Waals surface area contributed by atoms with Gasteiger partial charge in [0.2, 0.25) is 0 Å². The fourth-order valence-electron chi connectivity index (χ4n) is 0.856. The lowest BCUT2D eigenvalue weighted by Gasteiger charge is -2.05. The summed E-state index contributed by atoms with van der Waals surface area (Å²) in [6, 6.07) is 2.32. The molecule has 0 atom stereocenters. The minimum atomic E-state index is -0.874. The molecular formula is C7H8N2O3. The zero-order chi connectivity index (χ0) is 9.30. The molecule has 0 aliphatic heterocycles. The number of benzene rings is 1. The molecule has 0 unspecified atom stereocenters. The van der Waals surface area contributed by atoms with Gasteiger partial charge in [-0.2, -0.15) is 0 Å². The van der Waals surface area contributed by atoms with E-state index in [0.29, 0.717) is 0 Å². The highest BCUT2D eigenvalue weighted by Crippen LogP contribution is 2.30. The number of nitrogen functional groups attached to an aromatic ring is 1. The number of hydrogen-bond acceptors (Lipinski definition) is 4. The van der Waals surface area contributed by atoms with E-state index in [1.165, 1.54) is 6.07 Å². The van der Waals surface area contributed by atoms with Crippen molar-refractivity contribution < 1.29 is 15.0 Å². The molecule has 0 saturated carbocycles. The van der Waals surface area contributed by atoms with E-state index in [2.05, 4.69) is 0 Å². The van der Waals surface area contributed by atoms with Crippen molar-refractivity contribution in [1.29, 1.82) is 0 Å². The van der Waals surface area contributed by atoms with Gasteiger partial charge in [0.25, 0.3) is 5.91 Å². The van der Waals surface area contributed by atoms with Gasteiger partial charge in [-0.25, -0.2) is 0 Å². The van der Waals surface area contributed by atoms with Crippen LogP contribution in [0.2, 0.25) is 0 Å². The predicted molar refractivity (Wildman–Crippen MR) is 42.7 cm³/mol. The quantitative estimate of drug-likeness (QED) is 0.264. The van der Waals surface area contributed by atoms with Crippen LogP contribution in [-0.4, -0.2) is 16.1 Å². The number of phenols is 2. The number of aromatic hydroxyl groups is 2. The van der Waals surface area contributed by atoms with Crippen LogP contribution in [0.15, 0.2) is 12.1 Å². The van der Waals surface area contributed by atoms with E-state index in [9.17, 15) is 4.79 Å². The highest BCUT2D eigenvalue weighted by Gasteiger charge is 2.14. The Kier molecular flexibility index (Phi) is 1.78. The third kappa shape index (κ3) is 1.12. The van der Waals surface area contributed by atoms with Gasteiger partial charge in [-0.05, 0) is 12.1 Å². The van der Waals surface area contributed by atoms with E-state index in [-0.39, 0.29) is 22.7 Å². The van der Waals surface area contributed by atoms with Crippen LogP contribution < -0.4 is 11.5 Å². The van der Waals surface area contributed by atoms with Crippen LogP contribution >= 0.6 is 0 Å². The van der Waals surface area contributed by atoms with Crippen LogP contribution in [0.25, 0.3) is 0 Å². The van der Waals surface area contributed by atoms with Gasteiger partial charge in [0.05, 0.1) is 5.69 Å². The van der Waals surface area contributed by atoms with Crippen molar-refractivity contribution >= 4 is 11.6 Å². The SMILES string of the molecule is NC(=O)c1c(O)ccc(O)c1N. The summed E-state index contributed by atoms with van der Waals surface area (Å²) in [5.41, 5.74) is 9.71. The number of primary amides is 1. The Hall–Kier alpha value is -1.91. The Bertz CT molecular complexity index is 336. The summed E-state index contributed by atoms with van der Waals surface area (Å²) in [5.74, 6) is -1.49. The first-order valence-corrected chi connectivity index (χ1v) is 3.14. The second-order valence-corrected chi connectivity index (χ2v) is 2.26. The molecular weight excluding hydrogens is 160 g/mol. The highest BCUT2D eigenvalue weighted by atomic mass is 16.3. The van der Waals surface area contributed by atoms with E-state index in [1.807, 2.05) is 0 Å². The van der Waals surface area contributed by atoms with Gasteiger partial charge in [0.15, 0.2) is 0 Å². The van der Waals surface area contributed by atoms with Crippen LogP contribution in [0.5, 0.6) is 11.5 Å². The van der Waals surface area contributed by atoms with E-state index >= 15 is 0 Å². The largest absolute Gasteiger partial charge is 0.507 e. The maximum Gasteiger partial charge on any atom is 0.254 e. The lowest BCUT2D eigenvalue weighted by Crippen LogP contribution is -2.13. The summed E-state index contributed by atoms with van der Waals surface area (Å²) in [7, 11) is 0. The van der Waals surface area contributed by atoms with E-state index in [0.717, 1.165) is 6.07 Å². The number of carbonyl (C=O) groups excluding carboxylic acids is 1. The number of phenolic OH excluding ortho intramolecular Hbond substituents is 1. The number of rotatable bonds is 1. The molecule has 1 aromatic rings. The predicted octanol–water partition coefficient (Wildman–Crippen LogP) is -0.221.